The van der Waals surface area contributed by atoms with Gasteiger partial charge in [0.2, 0.25) is 23.5 Å². The predicted molar refractivity (Wildman–Crippen MR) is 176 cm³/mol. The summed E-state index contributed by atoms with van der Waals surface area (Å²) in [5.74, 6) is -5.98. The van der Waals surface area contributed by atoms with Crippen molar-refractivity contribution in [2.24, 2.45) is 17.8 Å². The van der Waals surface area contributed by atoms with Gasteiger partial charge in [-0.1, -0.05) is 44.2 Å². The van der Waals surface area contributed by atoms with Crippen LogP contribution in [0.1, 0.15) is 65.4 Å². The molecule has 5 amide bonds. The Hall–Kier alpha value is -4.21. The first kappa shape index (κ1) is 40.2. The molecule has 2 saturated heterocycles. The largest absolute Gasteiger partial charge is 0.445 e. The van der Waals surface area contributed by atoms with Crippen LogP contribution in [0.15, 0.2) is 30.3 Å². The van der Waals surface area contributed by atoms with Crippen LogP contribution in [-0.2, 0) is 35.3 Å². The van der Waals surface area contributed by atoms with Gasteiger partial charge < -0.3 is 36.2 Å². The smallest absolute Gasteiger partial charge is 0.408 e. The first-order valence-electron chi connectivity index (χ1n) is 17.0. The lowest BCUT2D eigenvalue weighted by molar-refractivity contribution is -0.185. The van der Waals surface area contributed by atoms with Crippen LogP contribution in [0.25, 0.3) is 0 Å². The number of ether oxygens (including phenoxy) is 1. The van der Waals surface area contributed by atoms with Gasteiger partial charge in [-0.15, -0.1) is 0 Å². The number of halogens is 3. The van der Waals surface area contributed by atoms with Gasteiger partial charge in [-0.2, -0.15) is 13.2 Å². The number of Topliss-reactive ketones (excluding diaryl/α,β-unsaturated/α-hetero) is 1. The van der Waals surface area contributed by atoms with Crippen molar-refractivity contribution in [3.05, 3.63) is 35.9 Å². The number of piperidine rings is 1. The summed E-state index contributed by atoms with van der Waals surface area (Å²) < 4.78 is 45.2. The van der Waals surface area contributed by atoms with E-state index in [9.17, 15) is 41.9 Å². The Morgan fingerprint density at radius 1 is 0.880 bits per heavy atom. The molecule has 16 heteroatoms. The molecule has 13 nitrogen and oxygen atoms in total. The van der Waals surface area contributed by atoms with Gasteiger partial charge >= 0.3 is 12.3 Å². The van der Waals surface area contributed by atoms with Gasteiger partial charge in [-0.05, 0) is 70.5 Å². The molecule has 5 N–H and O–H groups in total. The number of ketones is 1. The Labute approximate surface area is 290 Å². The van der Waals surface area contributed by atoms with Gasteiger partial charge in [0.05, 0.1) is 12.0 Å². The summed E-state index contributed by atoms with van der Waals surface area (Å²) in [6.45, 7) is 7.12. The summed E-state index contributed by atoms with van der Waals surface area (Å²) >= 11 is 0. The van der Waals surface area contributed by atoms with Crippen LogP contribution in [-0.4, -0.2) is 96.9 Å². The average molecular weight is 711 g/mol. The van der Waals surface area contributed by atoms with E-state index < -0.39 is 65.7 Å². The highest BCUT2D eigenvalue weighted by Crippen LogP contribution is 2.34. The quantitative estimate of drug-likeness (QED) is 0.162. The van der Waals surface area contributed by atoms with E-state index in [4.69, 9.17) is 4.74 Å². The lowest BCUT2D eigenvalue weighted by Gasteiger charge is -2.35. The average Bonchev–Trinajstić information content (AvgIpc) is 3.45. The lowest BCUT2D eigenvalue weighted by Crippen LogP contribution is -2.59. The van der Waals surface area contributed by atoms with Crippen molar-refractivity contribution in [1.29, 1.82) is 0 Å². The standard InChI is InChI=1S/C34H49F3N6O7/c1-20(2)16-26(30(46)40-25(17-23-10-13-38-29(23)45)28(44)32(48)39-21(3)4)41-31(47)27(18-43-14-11-24(12-15-43)34(35,36)37)42-33(49)50-19-22-8-6-5-7-9-22/h5-9,20-21,23-27H,10-19H2,1-4H3,(H,38,45)(H,39,48)(H,40,46)(H,41,47)(H,42,49)/t23-,25-,26-,27-/m0/s1. The highest BCUT2D eigenvalue weighted by Gasteiger charge is 2.42. The molecule has 0 bridgehead atoms. The zero-order chi connectivity index (χ0) is 37.0. The molecule has 3 rings (SSSR count). The van der Waals surface area contributed by atoms with Gasteiger partial charge in [0, 0.05) is 25.0 Å². The molecule has 2 aliphatic rings. The van der Waals surface area contributed by atoms with Crippen LogP contribution in [0.4, 0.5) is 18.0 Å². The van der Waals surface area contributed by atoms with Crippen molar-refractivity contribution in [3.63, 3.8) is 0 Å². The third-order valence-corrected chi connectivity index (χ3v) is 8.61. The summed E-state index contributed by atoms with van der Waals surface area (Å²) in [5, 5.41) is 12.9. The number of alkyl halides is 3. The topological polar surface area (TPSA) is 175 Å². The molecule has 0 unspecified atom stereocenters. The molecule has 2 heterocycles. The van der Waals surface area contributed by atoms with Crippen LogP contribution in [0, 0.1) is 17.8 Å². The summed E-state index contributed by atoms with van der Waals surface area (Å²) in [6, 6.07) is 4.50. The highest BCUT2D eigenvalue weighted by atomic mass is 19.4. The number of likely N-dealkylation sites (tertiary alicyclic amines) is 1. The summed E-state index contributed by atoms with van der Waals surface area (Å²) in [4.78, 5) is 80.1. The van der Waals surface area contributed by atoms with Crippen LogP contribution >= 0.6 is 0 Å². The van der Waals surface area contributed by atoms with Gasteiger partial charge in [0.15, 0.2) is 0 Å². The van der Waals surface area contributed by atoms with E-state index >= 15 is 0 Å². The highest BCUT2D eigenvalue weighted by molar-refractivity contribution is 6.38. The molecule has 0 aromatic heterocycles. The number of rotatable bonds is 16. The van der Waals surface area contributed by atoms with Crippen molar-refractivity contribution in [2.75, 3.05) is 26.2 Å². The number of amides is 5. The molecule has 278 valence electrons. The minimum atomic E-state index is -4.34. The first-order chi connectivity index (χ1) is 23.5. The number of hydrogen-bond donors (Lipinski definition) is 5. The molecule has 2 fully saturated rings. The second-order valence-electron chi connectivity index (χ2n) is 13.6. The molecule has 4 atom stereocenters. The number of alkyl carbamates (subject to hydrolysis) is 1. The molecule has 0 aliphatic carbocycles. The van der Waals surface area contributed by atoms with Crippen molar-refractivity contribution in [2.45, 2.75) is 96.7 Å². The monoisotopic (exact) mass is 710 g/mol. The molecule has 0 spiro atoms. The van der Waals surface area contributed by atoms with Crippen molar-refractivity contribution in [3.8, 4) is 0 Å². The van der Waals surface area contributed by atoms with Gasteiger partial charge in [-0.3, -0.25) is 24.0 Å². The normalized spacial score (nSPS) is 18.9. The first-order valence-corrected chi connectivity index (χ1v) is 17.0. The Morgan fingerprint density at radius 3 is 2.06 bits per heavy atom. The fourth-order valence-electron chi connectivity index (χ4n) is 5.93. The third-order valence-electron chi connectivity index (χ3n) is 8.61. The van der Waals surface area contributed by atoms with Gasteiger partial charge in [0.1, 0.15) is 18.7 Å². The summed E-state index contributed by atoms with van der Waals surface area (Å²) in [6.07, 6.45) is -5.25. The van der Waals surface area contributed by atoms with E-state index in [0.29, 0.717) is 18.5 Å². The molecule has 0 saturated carbocycles. The molecule has 1 aromatic carbocycles. The second-order valence-corrected chi connectivity index (χ2v) is 13.6. The Morgan fingerprint density at radius 2 is 1.50 bits per heavy atom. The summed E-state index contributed by atoms with van der Waals surface area (Å²) in [7, 11) is 0. The molecule has 50 heavy (non-hydrogen) atoms. The Kier molecular flexibility index (Phi) is 15.0. The number of nitrogens with one attached hydrogen (secondary N) is 5. The van der Waals surface area contributed by atoms with Crippen LogP contribution in [0.3, 0.4) is 0 Å². The molecular weight excluding hydrogens is 661 g/mol. The van der Waals surface area contributed by atoms with E-state index in [-0.39, 0.29) is 69.8 Å². The molecule has 0 radical (unpaired) electrons. The van der Waals surface area contributed by atoms with Crippen LogP contribution in [0.2, 0.25) is 0 Å². The number of hydrogen-bond acceptors (Lipinski definition) is 8. The van der Waals surface area contributed by atoms with E-state index in [2.05, 4.69) is 26.6 Å². The van der Waals surface area contributed by atoms with Gasteiger partial charge in [0.25, 0.3) is 5.91 Å². The number of carbonyl (C=O) groups excluding carboxylic acids is 6. The Bertz CT molecular complexity index is 1340. The fourth-order valence-corrected chi connectivity index (χ4v) is 5.93. The maximum absolute atomic E-state index is 13.8. The fraction of sp³-hybridized carbons (Fsp3) is 0.647. The molecule has 1 aromatic rings. The van der Waals surface area contributed by atoms with Crippen LogP contribution < -0.4 is 26.6 Å². The maximum atomic E-state index is 13.8. The van der Waals surface area contributed by atoms with Crippen molar-refractivity contribution in [1.82, 2.24) is 31.5 Å². The Balaban J connectivity index is 1.78. The molecule has 2 aliphatic heterocycles. The SMILES string of the molecule is CC(C)C[C@H](NC(=O)[C@H](CN1CCC(C(F)(F)F)CC1)NC(=O)OCc1ccccc1)C(=O)N[C@@H](C[C@@H]1CCNC1=O)C(=O)C(=O)NC(C)C. The number of nitrogens with zero attached hydrogens (tertiary/aromatic N) is 1. The minimum Gasteiger partial charge on any atom is -0.445 e. The van der Waals surface area contributed by atoms with E-state index in [1.54, 1.807) is 62.9 Å². The number of carbonyl (C=O) groups is 6. The van der Waals surface area contributed by atoms with Crippen molar-refractivity contribution < 1.29 is 46.7 Å². The van der Waals surface area contributed by atoms with E-state index in [1.807, 2.05) is 0 Å². The third kappa shape index (κ3) is 12.9. The van der Waals surface area contributed by atoms with Crippen molar-refractivity contribution >= 4 is 35.5 Å². The second kappa shape index (κ2) is 18.7. The summed E-state index contributed by atoms with van der Waals surface area (Å²) in [5.41, 5.74) is 0.688. The molecular formula is C34H49F3N6O7. The van der Waals surface area contributed by atoms with E-state index in [0.717, 1.165) is 0 Å². The maximum Gasteiger partial charge on any atom is 0.408 e. The van der Waals surface area contributed by atoms with Crippen LogP contribution in [0.5, 0.6) is 0 Å². The van der Waals surface area contributed by atoms with Gasteiger partial charge in [-0.25, -0.2) is 4.79 Å². The zero-order valence-electron chi connectivity index (χ0n) is 28.9. The minimum absolute atomic E-state index is 0.0294. The zero-order valence-corrected chi connectivity index (χ0v) is 28.9. The lowest BCUT2D eigenvalue weighted by atomic mass is 9.94. The predicted octanol–water partition coefficient (Wildman–Crippen LogP) is 2.19. The van der Waals surface area contributed by atoms with E-state index in [1.165, 1.54) is 0 Å². The number of benzene rings is 1.